The van der Waals surface area contributed by atoms with Crippen molar-refractivity contribution in [1.82, 2.24) is 19.9 Å². The first-order valence-electron chi connectivity index (χ1n) is 12.7. The third-order valence-electron chi connectivity index (χ3n) is 6.82. The Morgan fingerprint density at radius 2 is 2.03 bits per heavy atom. The molecule has 1 amide bonds. The van der Waals surface area contributed by atoms with Gasteiger partial charge in [0.1, 0.15) is 16.3 Å². The lowest BCUT2D eigenvalue weighted by molar-refractivity contribution is -0.141. The first-order valence-corrected chi connectivity index (χ1v) is 13.5. The number of carbonyl (C=O) groups excluding carboxylic acids is 1. The number of benzene rings is 1. The van der Waals surface area contributed by atoms with Crippen LogP contribution in [0.5, 0.6) is 0 Å². The van der Waals surface area contributed by atoms with Crippen LogP contribution in [0.2, 0.25) is 0 Å². The number of carbonyl (C=O) groups is 1. The fourth-order valence-electron chi connectivity index (χ4n) is 4.75. The van der Waals surface area contributed by atoms with Crippen LogP contribution in [-0.2, 0) is 16.6 Å². The van der Waals surface area contributed by atoms with Gasteiger partial charge in [-0.3, -0.25) is 4.79 Å². The van der Waals surface area contributed by atoms with Gasteiger partial charge in [-0.2, -0.15) is 18.4 Å². The maximum Gasteiger partial charge on any atom is 0.433 e. The largest absolute Gasteiger partial charge is 0.433 e. The number of halogens is 3. The summed E-state index contributed by atoms with van der Waals surface area (Å²) in [5.41, 5.74) is 0.00610. The minimum atomic E-state index is -4.57. The molecule has 8 nitrogen and oxygen atoms in total. The van der Waals surface area contributed by atoms with E-state index in [2.05, 4.69) is 26.3 Å². The average Bonchev–Trinajstić information content (AvgIpc) is 3.40. The van der Waals surface area contributed by atoms with E-state index in [0.29, 0.717) is 55.9 Å². The van der Waals surface area contributed by atoms with E-state index in [-0.39, 0.29) is 17.8 Å². The molecule has 2 N–H and O–H groups in total. The number of amides is 1. The summed E-state index contributed by atoms with van der Waals surface area (Å²) < 4.78 is 39.1. The fraction of sp³-hybridized carbons (Fsp3) is 0.444. The van der Waals surface area contributed by atoms with Gasteiger partial charge in [0, 0.05) is 37.1 Å². The third kappa shape index (κ3) is 6.72. The number of nitrogens with one attached hydrogen (secondary N) is 1. The van der Waals surface area contributed by atoms with E-state index in [1.54, 1.807) is 23.2 Å². The maximum atomic E-state index is 13.0. The summed E-state index contributed by atoms with van der Waals surface area (Å²) in [5.74, 6) is -0.327. The van der Waals surface area contributed by atoms with Crippen molar-refractivity contribution in [2.24, 2.45) is 5.92 Å². The molecule has 0 spiro atoms. The SMILES string of the molecule is CCN(CCC#N)C(=O)C1CCC(O)(c2ncc(-c3cc(C)cc(Nc4nccc(C(F)(F)F)n4)c3)s2)CC1. The summed E-state index contributed by atoms with van der Waals surface area (Å²) in [7, 11) is 0. The molecule has 0 unspecified atom stereocenters. The average molecular weight is 559 g/mol. The monoisotopic (exact) mass is 558 g/mol. The van der Waals surface area contributed by atoms with E-state index in [9.17, 15) is 23.1 Å². The molecular weight excluding hydrogens is 529 g/mol. The van der Waals surface area contributed by atoms with Gasteiger partial charge in [-0.1, -0.05) is 6.07 Å². The lowest BCUT2D eigenvalue weighted by atomic mass is 9.78. The highest BCUT2D eigenvalue weighted by molar-refractivity contribution is 7.15. The highest BCUT2D eigenvalue weighted by Crippen LogP contribution is 2.43. The van der Waals surface area contributed by atoms with Gasteiger partial charge in [-0.15, -0.1) is 11.3 Å². The minimum Gasteiger partial charge on any atom is -0.383 e. The van der Waals surface area contributed by atoms with Crippen LogP contribution in [-0.4, -0.2) is 44.0 Å². The van der Waals surface area contributed by atoms with Crippen molar-refractivity contribution in [3.63, 3.8) is 0 Å². The van der Waals surface area contributed by atoms with E-state index in [0.717, 1.165) is 28.3 Å². The molecule has 0 bridgehead atoms. The summed E-state index contributed by atoms with van der Waals surface area (Å²) in [6.45, 7) is 4.72. The molecule has 12 heteroatoms. The number of anilines is 2. The van der Waals surface area contributed by atoms with Crippen LogP contribution in [0, 0.1) is 24.2 Å². The van der Waals surface area contributed by atoms with Crippen LogP contribution in [0.3, 0.4) is 0 Å². The zero-order valence-corrected chi connectivity index (χ0v) is 22.4. The first kappa shape index (κ1) is 28.4. The Morgan fingerprint density at radius 3 is 2.69 bits per heavy atom. The second-order valence-electron chi connectivity index (χ2n) is 9.64. The molecule has 1 aromatic carbocycles. The fourth-order valence-corrected chi connectivity index (χ4v) is 5.80. The quantitative estimate of drug-likeness (QED) is 0.358. The number of aryl methyl sites for hydroxylation is 1. The number of nitriles is 1. The minimum absolute atomic E-state index is 0.0270. The topological polar surface area (TPSA) is 115 Å². The molecule has 3 aromatic rings. The zero-order valence-electron chi connectivity index (χ0n) is 21.6. The number of hydrogen-bond donors (Lipinski definition) is 2. The molecule has 2 heterocycles. The number of aliphatic hydroxyl groups is 1. The molecule has 1 aliphatic rings. The summed E-state index contributed by atoms with van der Waals surface area (Å²) in [6.07, 6.45) is 0.316. The molecule has 0 saturated heterocycles. The molecule has 0 aliphatic heterocycles. The summed E-state index contributed by atoms with van der Waals surface area (Å²) in [6, 6.07) is 8.36. The number of thiazole rings is 1. The zero-order chi connectivity index (χ0) is 28.2. The summed E-state index contributed by atoms with van der Waals surface area (Å²) in [5, 5.41) is 23.6. The second kappa shape index (κ2) is 11.7. The number of nitrogens with zero attached hydrogens (tertiary/aromatic N) is 5. The van der Waals surface area contributed by atoms with Crippen LogP contribution in [0.25, 0.3) is 10.4 Å². The maximum absolute atomic E-state index is 13.0. The highest BCUT2D eigenvalue weighted by Gasteiger charge is 2.40. The lowest BCUT2D eigenvalue weighted by Crippen LogP contribution is -2.41. The van der Waals surface area contributed by atoms with Gasteiger partial charge >= 0.3 is 6.18 Å². The van der Waals surface area contributed by atoms with Crippen molar-refractivity contribution in [3.8, 4) is 16.5 Å². The van der Waals surface area contributed by atoms with Crippen molar-refractivity contribution in [2.45, 2.75) is 57.7 Å². The van der Waals surface area contributed by atoms with E-state index in [1.807, 2.05) is 19.9 Å². The predicted octanol–water partition coefficient (Wildman–Crippen LogP) is 5.81. The van der Waals surface area contributed by atoms with Gasteiger partial charge in [0.2, 0.25) is 11.9 Å². The van der Waals surface area contributed by atoms with Crippen LogP contribution in [0.15, 0.2) is 36.7 Å². The molecule has 0 atom stereocenters. The van der Waals surface area contributed by atoms with E-state index >= 15 is 0 Å². The second-order valence-corrected chi connectivity index (χ2v) is 10.7. The number of aromatic nitrogens is 3. The van der Waals surface area contributed by atoms with Gasteiger partial charge in [-0.05, 0) is 68.9 Å². The molecule has 0 radical (unpaired) electrons. The first-order chi connectivity index (χ1) is 18.5. The van der Waals surface area contributed by atoms with Gasteiger partial charge in [-0.25, -0.2) is 15.0 Å². The van der Waals surface area contributed by atoms with Crippen LogP contribution >= 0.6 is 11.3 Å². The Morgan fingerprint density at radius 1 is 1.28 bits per heavy atom. The summed E-state index contributed by atoms with van der Waals surface area (Å²) in [4.78, 5) is 27.3. The van der Waals surface area contributed by atoms with Crippen LogP contribution in [0.4, 0.5) is 24.8 Å². The van der Waals surface area contributed by atoms with Crippen molar-refractivity contribution in [3.05, 3.63) is 52.9 Å². The molecule has 1 aliphatic carbocycles. The smallest absolute Gasteiger partial charge is 0.383 e. The lowest BCUT2D eigenvalue weighted by Gasteiger charge is -2.35. The Hall–Kier alpha value is -3.56. The summed E-state index contributed by atoms with van der Waals surface area (Å²) >= 11 is 1.35. The molecule has 1 saturated carbocycles. The molecule has 1 fully saturated rings. The normalized spacial score (nSPS) is 19.4. The van der Waals surface area contributed by atoms with Crippen molar-refractivity contribution in [1.29, 1.82) is 5.26 Å². The Bertz CT molecular complexity index is 1360. The van der Waals surface area contributed by atoms with Crippen LogP contribution < -0.4 is 5.32 Å². The molecule has 2 aromatic heterocycles. The molecule has 206 valence electrons. The van der Waals surface area contributed by atoms with Crippen molar-refractivity contribution >= 4 is 28.9 Å². The van der Waals surface area contributed by atoms with Gasteiger partial charge in [0.15, 0.2) is 0 Å². The van der Waals surface area contributed by atoms with E-state index in [1.165, 1.54) is 11.3 Å². The number of alkyl halides is 3. The molecular formula is C27H29F3N6O2S. The molecule has 4 rings (SSSR count). The highest BCUT2D eigenvalue weighted by atomic mass is 32.1. The third-order valence-corrected chi connectivity index (χ3v) is 8.06. The molecule has 39 heavy (non-hydrogen) atoms. The standard InChI is InChI=1S/C27H29F3N6O2S/c1-3-36(12-4-10-31)23(37)18-5-8-26(38,9-6-18)24-33-16-21(39-24)19-13-17(2)14-20(15-19)34-25-32-11-7-22(35-25)27(28,29)30/h7,11,13-16,18,38H,3-6,8-9,12H2,1-2H3,(H,32,34,35). The Labute approximate surface area is 228 Å². The van der Waals surface area contributed by atoms with E-state index in [4.69, 9.17) is 5.26 Å². The van der Waals surface area contributed by atoms with Crippen LogP contribution in [0.1, 0.15) is 55.3 Å². The number of hydrogen-bond acceptors (Lipinski definition) is 8. The Kier molecular flexibility index (Phi) is 8.51. The van der Waals surface area contributed by atoms with Gasteiger partial charge in [0.05, 0.1) is 17.4 Å². The number of rotatable bonds is 8. The predicted molar refractivity (Wildman–Crippen MR) is 141 cm³/mol. The van der Waals surface area contributed by atoms with E-state index < -0.39 is 17.5 Å². The Balaban J connectivity index is 1.47. The van der Waals surface area contributed by atoms with Gasteiger partial charge < -0.3 is 15.3 Å². The van der Waals surface area contributed by atoms with Gasteiger partial charge in [0.25, 0.3) is 0 Å². The van der Waals surface area contributed by atoms with Crippen molar-refractivity contribution < 1.29 is 23.1 Å². The van der Waals surface area contributed by atoms with Crippen molar-refractivity contribution in [2.75, 3.05) is 18.4 Å².